The number of halogens is 1. The summed E-state index contributed by atoms with van der Waals surface area (Å²) in [5, 5.41) is 3.32. The molecule has 148 valence electrons. The summed E-state index contributed by atoms with van der Waals surface area (Å²) in [6.07, 6.45) is 3.98. The lowest BCUT2D eigenvalue weighted by Gasteiger charge is -2.22. The number of nitrogens with zero attached hydrogens (tertiary/aromatic N) is 2. The van der Waals surface area contributed by atoms with Gasteiger partial charge in [-0.2, -0.15) is 0 Å². The van der Waals surface area contributed by atoms with Gasteiger partial charge in [-0.05, 0) is 31.9 Å². The molecule has 0 unspecified atom stereocenters. The van der Waals surface area contributed by atoms with Gasteiger partial charge in [0, 0.05) is 25.7 Å². The topological polar surface area (TPSA) is 55.3 Å². The quantitative estimate of drug-likeness (QED) is 0.183. The minimum atomic E-state index is 0. The minimum absolute atomic E-state index is 0. The Labute approximate surface area is 174 Å². The van der Waals surface area contributed by atoms with E-state index in [4.69, 9.17) is 19.2 Å². The van der Waals surface area contributed by atoms with E-state index in [0.717, 1.165) is 37.5 Å². The molecule has 1 N–H and O–H groups in total. The van der Waals surface area contributed by atoms with Gasteiger partial charge in [-0.1, -0.05) is 6.08 Å². The van der Waals surface area contributed by atoms with E-state index in [2.05, 4.69) is 23.7 Å². The van der Waals surface area contributed by atoms with Crippen molar-refractivity contribution in [3.05, 3.63) is 30.4 Å². The van der Waals surface area contributed by atoms with Gasteiger partial charge in [0.15, 0.2) is 17.5 Å². The molecule has 0 amide bonds. The van der Waals surface area contributed by atoms with E-state index in [1.807, 2.05) is 25.3 Å². The van der Waals surface area contributed by atoms with Gasteiger partial charge >= 0.3 is 0 Å². The summed E-state index contributed by atoms with van der Waals surface area (Å²) in [6, 6.07) is 3.82. The van der Waals surface area contributed by atoms with Crippen molar-refractivity contribution in [2.45, 2.75) is 26.3 Å². The number of unbranched alkanes of at least 4 members (excludes halogenated alkanes) is 1. The zero-order valence-electron chi connectivity index (χ0n) is 16.5. The summed E-state index contributed by atoms with van der Waals surface area (Å²) in [6.45, 7) is 8.04. The molecule has 0 bridgehead atoms. The Kier molecular flexibility index (Phi) is 12.7. The fourth-order valence-electron chi connectivity index (χ4n) is 2.50. The molecule has 0 atom stereocenters. The zero-order chi connectivity index (χ0) is 18.7. The van der Waals surface area contributed by atoms with Crippen molar-refractivity contribution in [1.29, 1.82) is 0 Å². The molecule has 0 aliphatic carbocycles. The first-order chi connectivity index (χ1) is 12.1. The number of methoxy groups -OCH3 is 3. The second kappa shape index (κ2) is 13.5. The molecular formula is C19H32IN3O3. The van der Waals surface area contributed by atoms with E-state index in [1.54, 1.807) is 21.3 Å². The van der Waals surface area contributed by atoms with Crippen LogP contribution in [0.1, 0.15) is 25.3 Å². The van der Waals surface area contributed by atoms with Gasteiger partial charge in [0.25, 0.3) is 0 Å². The summed E-state index contributed by atoms with van der Waals surface area (Å²) < 4.78 is 16.3. The highest BCUT2D eigenvalue weighted by molar-refractivity contribution is 14.0. The van der Waals surface area contributed by atoms with Crippen molar-refractivity contribution >= 4 is 29.9 Å². The molecule has 0 aliphatic heterocycles. The Morgan fingerprint density at radius 1 is 1.19 bits per heavy atom. The molecule has 0 fully saturated rings. The SMILES string of the molecule is C=CCCCN(C)C(=NCc1ccc(OC)c(OC)c1OC)NCC.I. The summed E-state index contributed by atoms with van der Waals surface area (Å²) in [5.74, 6) is 2.74. The number of hydrogen-bond donors (Lipinski definition) is 1. The van der Waals surface area contributed by atoms with Crippen LogP contribution in [0.25, 0.3) is 0 Å². The van der Waals surface area contributed by atoms with Crippen LogP contribution in [-0.2, 0) is 6.54 Å². The highest BCUT2D eigenvalue weighted by Gasteiger charge is 2.16. The first kappa shape index (κ1) is 24.4. The second-order valence-corrected chi connectivity index (χ2v) is 5.52. The fourth-order valence-corrected chi connectivity index (χ4v) is 2.50. The number of ether oxygens (including phenoxy) is 3. The minimum Gasteiger partial charge on any atom is -0.493 e. The van der Waals surface area contributed by atoms with Crippen LogP contribution in [0.4, 0.5) is 0 Å². The Bertz CT molecular complexity index is 579. The predicted molar refractivity (Wildman–Crippen MR) is 118 cm³/mol. The lowest BCUT2D eigenvalue weighted by molar-refractivity contribution is 0.322. The molecule has 0 spiro atoms. The molecule has 0 heterocycles. The van der Waals surface area contributed by atoms with E-state index in [1.165, 1.54) is 0 Å². The highest BCUT2D eigenvalue weighted by atomic mass is 127. The second-order valence-electron chi connectivity index (χ2n) is 5.52. The average molecular weight is 477 g/mol. The number of allylic oxidation sites excluding steroid dienone is 1. The average Bonchev–Trinajstić information content (AvgIpc) is 2.64. The lowest BCUT2D eigenvalue weighted by Crippen LogP contribution is -2.39. The van der Waals surface area contributed by atoms with Crippen molar-refractivity contribution < 1.29 is 14.2 Å². The molecule has 1 rings (SSSR count). The number of rotatable bonds is 10. The molecule has 0 aromatic heterocycles. The smallest absolute Gasteiger partial charge is 0.203 e. The van der Waals surface area contributed by atoms with Crippen LogP contribution in [0.15, 0.2) is 29.8 Å². The van der Waals surface area contributed by atoms with Crippen LogP contribution in [0, 0.1) is 0 Å². The third-order valence-corrected chi connectivity index (χ3v) is 3.78. The van der Waals surface area contributed by atoms with Crippen molar-refractivity contribution in [3.8, 4) is 17.2 Å². The number of guanidine groups is 1. The molecule has 0 radical (unpaired) electrons. The molecule has 26 heavy (non-hydrogen) atoms. The zero-order valence-corrected chi connectivity index (χ0v) is 18.8. The molecular weight excluding hydrogens is 445 g/mol. The van der Waals surface area contributed by atoms with Crippen LogP contribution < -0.4 is 19.5 Å². The number of nitrogens with one attached hydrogen (secondary N) is 1. The van der Waals surface area contributed by atoms with Crippen molar-refractivity contribution in [2.75, 3.05) is 41.5 Å². The van der Waals surface area contributed by atoms with Crippen LogP contribution in [0.2, 0.25) is 0 Å². The standard InChI is InChI=1S/C19H31N3O3.HI/c1-7-9-10-13-22(3)19(20-8-2)21-14-15-11-12-16(23-4)18(25-6)17(15)24-5;/h7,11-12H,1,8-10,13-14H2,2-6H3,(H,20,21);1H. The van der Waals surface area contributed by atoms with Gasteiger partial charge in [-0.15, -0.1) is 30.6 Å². The van der Waals surface area contributed by atoms with Crippen LogP contribution in [-0.4, -0.2) is 52.3 Å². The van der Waals surface area contributed by atoms with Crippen molar-refractivity contribution in [2.24, 2.45) is 4.99 Å². The van der Waals surface area contributed by atoms with Crippen molar-refractivity contribution in [3.63, 3.8) is 0 Å². The largest absolute Gasteiger partial charge is 0.493 e. The van der Waals surface area contributed by atoms with Gasteiger partial charge < -0.3 is 24.4 Å². The monoisotopic (exact) mass is 477 g/mol. The van der Waals surface area contributed by atoms with E-state index in [9.17, 15) is 0 Å². The maximum atomic E-state index is 5.52. The Hall–Kier alpha value is -1.64. The summed E-state index contributed by atoms with van der Waals surface area (Å²) in [4.78, 5) is 6.86. The number of aliphatic imine (C=N–C) groups is 1. The molecule has 7 heteroatoms. The highest BCUT2D eigenvalue weighted by Crippen LogP contribution is 2.39. The molecule has 0 saturated carbocycles. The third-order valence-electron chi connectivity index (χ3n) is 3.78. The number of benzene rings is 1. The van der Waals surface area contributed by atoms with Gasteiger partial charge in [0.05, 0.1) is 27.9 Å². The fraction of sp³-hybridized carbons (Fsp3) is 0.526. The van der Waals surface area contributed by atoms with Crippen LogP contribution in [0.5, 0.6) is 17.2 Å². The van der Waals surface area contributed by atoms with E-state index >= 15 is 0 Å². The molecule has 1 aromatic rings. The summed E-state index contributed by atoms with van der Waals surface area (Å²) in [5.41, 5.74) is 0.940. The maximum Gasteiger partial charge on any atom is 0.203 e. The predicted octanol–water partition coefficient (Wildman–Crippen LogP) is 3.69. The molecule has 1 aromatic carbocycles. The van der Waals surface area contributed by atoms with Gasteiger partial charge in [-0.3, -0.25) is 0 Å². The van der Waals surface area contributed by atoms with Crippen molar-refractivity contribution in [1.82, 2.24) is 10.2 Å². The van der Waals surface area contributed by atoms with Crippen LogP contribution in [0.3, 0.4) is 0 Å². The van der Waals surface area contributed by atoms with E-state index in [0.29, 0.717) is 23.8 Å². The van der Waals surface area contributed by atoms with E-state index in [-0.39, 0.29) is 24.0 Å². The number of hydrogen-bond acceptors (Lipinski definition) is 4. The first-order valence-corrected chi connectivity index (χ1v) is 8.51. The first-order valence-electron chi connectivity index (χ1n) is 8.51. The Morgan fingerprint density at radius 3 is 2.42 bits per heavy atom. The molecule has 0 saturated heterocycles. The van der Waals surface area contributed by atoms with Gasteiger partial charge in [-0.25, -0.2) is 4.99 Å². The van der Waals surface area contributed by atoms with Gasteiger partial charge in [0.2, 0.25) is 5.75 Å². The van der Waals surface area contributed by atoms with E-state index < -0.39 is 0 Å². The molecule has 6 nitrogen and oxygen atoms in total. The van der Waals surface area contributed by atoms with Crippen LogP contribution >= 0.6 is 24.0 Å². The maximum absolute atomic E-state index is 5.52. The third kappa shape index (κ3) is 6.93. The lowest BCUT2D eigenvalue weighted by atomic mass is 10.1. The Balaban J connectivity index is 0.00000625. The Morgan fingerprint density at radius 2 is 1.88 bits per heavy atom. The van der Waals surface area contributed by atoms with Gasteiger partial charge in [0.1, 0.15) is 0 Å². The molecule has 0 aliphatic rings. The normalized spacial score (nSPS) is 10.6. The summed E-state index contributed by atoms with van der Waals surface area (Å²) >= 11 is 0. The summed E-state index contributed by atoms with van der Waals surface area (Å²) in [7, 11) is 6.87.